The highest BCUT2D eigenvalue weighted by Gasteiger charge is 2.13. The van der Waals surface area contributed by atoms with E-state index in [4.69, 9.17) is 0 Å². The molecule has 0 saturated carbocycles. The Kier molecular flexibility index (Phi) is 3.79. The minimum atomic E-state index is -0.499. The molecule has 1 N–H and O–H groups in total. The lowest BCUT2D eigenvalue weighted by Crippen LogP contribution is -2.10. The predicted molar refractivity (Wildman–Crippen MR) is 69.5 cm³/mol. The third kappa shape index (κ3) is 2.89. The number of halogens is 3. The molecule has 0 amide bonds. The summed E-state index contributed by atoms with van der Waals surface area (Å²) in [4.78, 5) is 0. The van der Waals surface area contributed by atoms with E-state index in [9.17, 15) is 13.2 Å². The Morgan fingerprint density at radius 1 is 1.00 bits per heavy atom. The summed E-state index contributed by atoms with van der Waals surface area (Å²) in [5.41, 5.74) is 1.23. The maximum absolute atomic E-state index is 13.6. The zero-order chi connectivity index (χ0) is 14.0. The van der Waals surface area contributed by atoms with Gasteiger partial charge in [0.2, 0.25) is 0 Å². The zero-order valence-electron chi connectivity index (χ0n) is 10.7. The largest absolute Gasteiger partial charge is 0.378 e. The first-order valence-corrected chi connectivity index (χ1v) is 5.95. The van der Waals surface area contributed by atoms with Gasteiger partial charge in [0, 0.05) is 16.8 Å². The molecule has 2 aromatic rings. The van der Waals surface area contributed by atoms with Gasteiger partial charge < -0.3 is 5.32 Å². The molecule has 0 aliphatic carbocycles. The third-order valence-electron chi connectivity index (χ3n) is 3.06. The Hall–Kier alpha value is -1.97. The first-order chi connectivity index (χ1) is 8.99. The molecular formula is C15H14F3N. The highest BCUT2D eigenvalue weighted by atomic mass is 19.1. The summed E-state index contributed by atoms with van der Waals surface area (Å²) in [6.07, 6.45) is 0. The van der Waals surface area contributed by atoms with Crippen molar-refractivity contribution in [3.8, 4) is 0 Å². The van der Waals surface area contributed by atoms with Gasteiger partial charge >= 0.3 is 0 Å². The van der Waals surface area contributed by atoms with E-state index in [0.717, 1.165) is 18.2 Å². The first kappa shape index (κ1) is 13.5. The van der Waals surface area contributed by atoms with Gasteiger partial charge in [0.15, 0.2) is 0 Å². The Balaban J connectivity index is 2.28. The summed E-state index contributed by atoms with van der Waals surface area (Å²) < 4.78 is 40.2. The van der Waals surface area contributed by atoms with E-state index in [-0.39, 0.29) is 11.4 Å². The molecule has 0 spiro atoms. The SMILES string of the molecule is Cc1c(F)cccc1NC(C)c1cc(F)ccc1F. The van der Waals surface area contributed by atoms with E-state index in [0.29, 0.717) is 11.3 Å². The molecule has 2 rings (SSSR count). The standard InChI is InChI=1S/C15H14F3N/c1-9-13(17)4-3-5-15(9)19-10(2)12-8-11(16)6-7-14(12)18/h3-8,10,19H,1-2H3. The summed E-state index contributed by atoms with van der Waals surface area (Å²) in [5.74, 6) is -1.33. The van der Waals surface area contributed by atoms with Crippen LogP contribution in [0, 0.1) is 24.4 Å². The van der Waals surface area contributed by atoms with Crippen LogP contribution in [0.2, 0.25) is 0 Å². The molecule has 0 saturated heterocycles. The van der Waals surface area contributed by atoms with Crippen LogP contribution >= 0.6 is 0 Å². The van der Waals surface area contributed by atoms with Gasteiger partial charge in [-0.15, -0.1) is 0 Å². The Morgan fingerprint density at radius 2 is 1.74 bits per heavy atom. The lowest BCUT2D eigenvalue weighted by atomic mass is 10.1. The summed E-state index contributed by atoms with van der Waals surface area (Å²) in [7, 11) is 0. The molecule has 4 heteroatoms. The maximum atomic E-state index is 13.6. The monoisotopic (exact) mass is 265 g/mol. The van der Waals surface area contributed by atoms with E-state index < -0.39 is 17.7 Å². The fraction of sp³-hybridized carbons (Fsp3) is 0.200. The molecule has 0 radical (unpaired) electrons. The second-order valence-electron chi connectivity index (χ2n) is 4.44. The summed E-state index contributed by atoms with van der Waals surface area (Å²) in [6.45, 7) is 3.33. The van der Waals surface area contributed by atoms with E-state index in [2.05, 4.69) is 5.32 Å². The van der Waals surface area contributed by atoms with Gasteiger partial charge in [-0.1, -0.05) is 6.07 Å². The van der Waals surface area contributed by atoms with Crippen molar-refractivity contribution in [1.29, 1.82) is 0 Å². The van der Waals surface area contributed by atoms with Crippen LogP contribution in [-0.4, -0.2) is 0 Å². The Morgan fingerprint density at radius 3 is 2.47 bits per heavy atom. The molecule has 0 aliphatic rings. The number of benzene rings is 2. The third-order valence-corrected chi connectivity index (χ3v) is 3.06. The van der Waals surface area contributed by atoms with E-state index in [1.807, 2.05) is 0 Å². The van der Waals surface area contributed by atoms with Crippen LogP contribution in [0.4, 0.5) is 18.9 Å². The Labute approximate surface area is 110 Å². The molecule has 1 atom stereocenters. The van der Waals surface area contributed by atoms with Crippen molar-refractivity contribution >= 4 is 5.69 Å². The van der Waals surface area contributed by atoms with Crippen molar-refractivity contribution in [1.82, 2.24) is 0 Å². The molecule has 2 aromatic carbocycles. The lowest BCUT2D eigenvalue weighted by molar-refractivity contribution is 0.577. The average molecular weight is 265 g/mol. The number of anilines is 1. The second kappa shape index (κ2) is 5.34. The molecular weight excluding hydrogens is 251 g/mol. The van der Waals surface area contributed by atoms with Crippen LogP contribution in [0.5, 0.6) is 0 Å². The minimum Gasteiger partial charge on any atom is -0.378 e. The predicted octanol–water partition coefficient (Wildman–Crippen LogP) is 4.59. The quantitative estimate of drug-likeness (QED) is 0.856. The molecule has 1 unspecified atom stereocenters. The smallest absolute Gasteiger partial charge is 0.128 e. The van der Waals surface area contributed by atoms with Gasteiger partial charge in [0.1, 0.15) is 17.5 Å². The molecule has 0 aliphatic heterocycles. The minimum absolute atomic E-state index is 0.212. The molecule has 0 aromatic heterocycles. The van der Waals surface area contributed by atoms with Crippen LogP contribution < -0.4 is 5.32 Å². The average Bonchev–Trinajstić information content (AvgIpc) is 2.38. The zero-order valence-corrected chi connectivity index (χ0v) is 10.7. The first-order valence-electron chi connectivity index (χ1n) is 5.95. The van der Waals surface area contributed by atoms with Crippen molar-refractivity contribution in [2.24, 2.45) is 0 Å². The van der Waals surface area contributed by atoms with E-state index in [1.165, 1.54) is 6.07 Å². The molecule has 19 heavy (non-hydrogen) atoms. The van der Waals surface area contributed by atoms with Gasteiger partial charge in [-0.2, -0.15) is 0 Å². The molecule has 1 nitrogen and oxygen atoms in total. The summed E-state index contributed by atoms with van der Waals surface area (Å²) >= 11 is 0. The topological polar surface area (TPSA) is 12.0 Å². The fourth-order valence-corrected chi connectivity index (χ4v) is 1.92. The molecule has 0 fully saturated rings. The number of hydrogen-bond acceptors (Lipinski definition) is 1. The molecule has 0 bridgehead atoms. The van der Waals surface area contributed by atoms with Crippen LogP contribution in [0.15, 0.2) is 36.4 Å². The Bertz CT molecular complexity index is 596. The van der Waals surface area contributed by atoms with Gasteiger partial charge in [0.05, 0.1) is 6.04 Å². The van der Waals surface area contributed by atoms with Crippen molar-refractivity contribution < 1.29 is 13.2 Å². The normalized spacial score (nSPS) is 12.3. The summed E-state index contributed by atoms with van der Waals surface area (Å²) in [5, 5.41) is 2.99. The van der Waals surface area contributed by atoms with Crippen molar-refractivity contribution in [2.45, 2.75) is 19.9 Å². The van der Waals surface area contributed by atoms with Crippen LogP contribution in [0.1, 0.15) is 24.1 Å². The van der Waals surface area contributed by atoms with Crippen LogP contribution in [-0.2, 0) is 0 Å². The summed E-state index contributed by atoms with van der Waals surface area (Å²) in [6, 6.07) is 7.46. The highest BCUT2D eigenvalue weighted by Crippen LogP contribution is 2.25. The molecule has 100 valence electrons. The van der Waals surface area contributed by atoms with Crippen molar-refractivity contribution in [3.63, 3.8) is 0 Å². The van der Waals surface area contributed by atoms with E-state index in [1.54, 1.807) is 26.0 Å². The number of nitrogens with one attached hydrogen (secondary N) is 1. The fourth-order valence-electron chi connectivity index (χ4n) is 1.92. The van der Waals surface area contributed by atoms with Gasteiger partial charge in [-0.25, -0.2) is 13.2 Å². The van der Waals surface area contributed by atoms with Crippen LogP contribution in [0.3, 0.4) is 0 Å². The van der Waals surface area contributed by atoms with Gasteiger partial charge in [-0.05, 0) is 44.2 Å². The molecule has 0 heterocycles. The van der Waals surface area contributed by atoms with Crippen molar-refractivity contribution in [3.05, 3.63) is 65.0 Å². The maximum Gasteiger partial charge on any atom is 0.128 e. The van der Waals surface area contributed by atoms with Gasteiger partial charge in [0.25, 0.3) is 0 Å². The number of hydrogen-bond donors (Lipinski definition) is 1. The lowest BCUT2D eigenvalue weighted by Gasteiger charge is -2.18. The second-order valence-corrected chi connectivity index (χ2v) is 4.44. The number of rotatable bonds is 3. The van der Waals surface area contributed by atoms with E-state index >= 15 is 0 Å². The van der Waals surface area contributed by atoms with Crippen molar-refractivity contribution in [2.75, 3.05) is 5.32 Å². The van der Waals surface area contributed by atoms with Gasteiger partial charge in [-0.3, -0.25) is 0 Å². The van der Waals surface area contributed by atoms with Crippen LogP contribution in [0.25, 0.3) is 0 Å². The highest BCUT2D eigenvalue weighted by molar-refractivity contribution is 5.52.